The van der Waals surface area contributed by atoms with Gasteiger partial charge in [0.05, 0.1) is 5.39 Å². The molecule has 0 atom stereocenters. The predicted molar refractivity (Wildman–Crippen MR) is 103 cm³/mol. The maximum absolute atomic E-state index is 13.1. The highest BCUT2D eigenvalue weighted by atomic mass is 35.5. The molecule has 0 aliphatic carbocycles. The van der Waals surface area contributed by atoms with Crippen molar-refractivity contribution in [2.24, 2.45) is 0 Å². The molecule has 4 aromatic rings. The lowest BCUT2D eigenvalue weighted by atomic mass is 10.1. The largest absolute Gasteiger partial charge is 0.455 e. The van der Waals surface area contributed by atoms with Crippen molar-refractivity contribution in [3.8, 4) is 11.3 Å². The van der Waals surface area contributed by atoms with Crippen LogP contribution in [0.2, 0.25) is 5.02 Å². The van der Waals surface area contributed by atoms with Crippen molar-refractivity contribution < 1.29 is 4.42 Å². The van der Waals surface area contributed by atoms with Crippen molar-refractivity contribution in [2.75, 3.05) is 0 Å². The summed E-state index contributed by atoms with van der Waals surface area (Å²) in [5.41, 5.74) is 1.44. The maximum Gasteiger partial charge on any atom is 0.207 e. The molecule has 1 heterocycles. The van der Waals surface area contributed by atoms with Crippen molar-refractivity contribution in [1.29, 1.82) is 0 Å². The van der Waals surface area contributed by atoms with Crippen LogP contribution < -0.4 is 5.43 Å². The Morgan fingerprint density at radius 3 is 2.24 bits per heavy atom. The quantitative estimate of drug-likeness (QED) is 0.429. The molecule has 3 aromatic carbocycles. The fourth-order valence-electron chi connectivity index (χ4n) is 2.62. The fraction of sp³-hybridized carbons (Fsp3) is 0. The highest BCUT2D eigenvalue weighted by Crippen LogP contribution is 2.36. The lowest BCUT2D eigenvalue weighted by molar-refractivity contribution is 0.605. The second kappa shape index (κ2) is 6.79. The first-order valence-electron chi connectivity index (χ1n) is 7.77. The van der Waals surface area contributed by atoms with E-state index in [1.807, 2.05) is 72.8 Å². The van der Waals surface area contributed by atoms with Gasteiger partial charge < -0.3 is 4.42 Å². The lowest BCUT2D eigenvalue weighted by Crippen LogP contribution is -2.06. The maximum atomic E-state index is 13.1. The van der Waals surface area contributed by atoms with Crippen LogP contribution in [0.25, 0.3) is 22.3 Å². The van der Waals surface area contributed by atoms with Gasteiger partial charge in [-0.05, 0) is 36.4 Å². The lowest BCUT2D eigenvalue weighted by Gasteiger charge is -2.10. The van der Waals surface area contributed by atoms with Gasteiger partial charge in [0.15, 0.2) is 5.76 Å². The van der Waals surface area contributed by atoms with Gasteiger partial charge in [-0.1, -0.05) is 65.8 Å². The Morgan fingerprint density at radius 1 is 0.800 bits per heavy atom. The van der Waals surface area contributed by atoms with E-state index in [-0.39, 0.29) is 5.43 Å². The van der Waals surface area contributed by atoms with Gasteiger partial charge in [0.2, 0.25) is 5.43 Å². The normalized spacial score (nSPS) is 10.9. The number of hydrogen-bond donors (Lipinski definition) is 0. The van der Waals surface area contributed by atoms with Crippen molar-refractivity contribution >= 4 is 34.3 Å². The average Bonchev–Trinajstić information content (AvgIpc) is 2.66. The van der Waals surface area contributed by atoms with Gasteiger partial charge in [-0.15, -0.1) is 0 Å². The molecule has 2 nitrogen and oxygen atoms in total. The van der Waals surface area contributed by atoms with E-state index < -0.39 is 0 Å². The molecule has 0 saturated carbocycles. The van der Waals surface area contributed by atoms with E-state index >= 15 is 0 Å². The molecule has 0 unspecified atom stereocenters. The van der Waals surface area contributed by atoms with Crippen molar-refractivity contribution in [3.63, 3.8) is 0 Å². The van der Waals surface area contributed by atoms with E-state index in [2.05, 4.69) is 0 Å². The van der Waals surface area contributed by atoms with E-state index in [9.17, 15) is 4.79 Å². The number of para-hydroxylation sites is 1. The summed E-state index contributed by atoms with van der Waals surface area (Å²) in [4.78, 5) is 14.6. The van der Waals surface area contributed by atoms with Crippen LogP contribution in [0.4, 0.5) is 0 Å². The molecule has 0 fully saturated rings. The number of rotatable bonds is 3. The Labute approximate surface area is 154 Å². The van der Waals surface area contributed by atoms with Crippen LogP contribution in [0.3, 0.4) is 0 Å². The minimum absolute atomic E-state index is 0.0272. The topological polar surface area (TPSA) is 30.2 Å². The zero-order valence-electron chi connectivity index (χ0n) is 13.1. The van der Waals surface area contributed by atoms with Crippen LogP contribution in [0.5, 0.6) is 0 Å². The van der Waals surface area contributed by atoms with Gasteiger partial charge in [0, 0.05) is 15.5 Å². The first kappa shape index (κ1) is 16.0. The van der Waals surface area contributed by atoms with Crippen LogP contribution in [-0.4, -0.2) is 0 Å². The van der Waals surface area contributed by atoms with E-state index in [0.717, 1.165) is 10.5 Å². The molecular weight excluding hydrogens is 352 g/mol. The number of halogens is 1. The Hall–Kier alpha value is -2.49. The monoisotopic (exact) mass is 364 g/mol. The molecule has 1 aromatic heterocycles. The van der Waals surface area contributed by atoms with Crippen molar-refractivity contribution in [1.82, 2.24) is 0 Å². The number of fused-ring (bicyclic) bond motifs is 1. The first-order chi connectivity index (χ1) is 12.2. The summed E-state index contributed by atoms with van der Waals surface area (Å²) in [6.07, 6.45) is 0. The predicted octanol–water partition coefficient (Wildman–Crippen LogP) is 6.26. The smallest absolute Gasteiger partial charge is 0.207 e. The van der Waals surface area contributed by atoms with Crippen LogP contribution in [-0.2, 0) is 0 Å². The molecule has 0 spiro atoms. The van der Waals surface area contributed by atoms with Gasteiger partial charge >= 0.3 is 0 Å². The molecule has 4 heteroatoms. The fourth-order valence-corrected chi connectivity index (χ4v) is 3.71. The molecule has 122 valence electrons. The summed E-state index contributed by atoms with van der Waals surface area (Å²) in [5.74, 6) is 0.587. The van der Waals surface area contributed by atoms with E-state index in [0.29, 0.717) is 26.6 Å². The molecule has 0 saturated heterocycles. The Bertz CT molecular complexity index is 1090. The molecule has 25 heavy (non-hydrogen) atoms. The standard InChI is InChI=1S/C21H13ClO2S/c22-15-10-12-16(13-11-15)25-21-19(23)17-8-4-5-9-18(17)24-20(21)14-6-2-1-3-7-14/h1-13H. The van der Waals surface area contributed by atoms with Crippen LogP contribution in [0.15, 0.2) is 97.9 Å². The van der Waals surface area contributed by atoms with Crippen molar-refractivity contribution in [3.05, 3.63) is 94.1 Å². The zero-order valence-corrected chi connectivity index (χ0v) is 14.7. The second-order valence-electron chi connectivity index (χ2n) is 5.51. The molecule has 0 radical (unpaired) electrons. The van der Waals surface area contributed by atoms with Crippen LogP contribution in [0, 0.1) is 0 Å². The zero-order chi connectivity index (χ0) is 17.2. The Morgan fingerprint density at radius 2 is 1.48 bits per heavy atom. The molecule has 0 amide bonds. The third kappa shape index (κ3) is 3.21. The van der Waals surface area contributed by atoms with Crippen molar-refractivity contribution in [2.45, 2.75) is 9.79 Å². The minimum atomic E-state index is -0.0272. The SMILES string of the molecule is O=c1c(Sc2ccc(Cl)cc2)c(-c2ccccc2)oc2ccccc12. The number of benzene rings is 3. The molecule has 0 aliphatic rings. The van der Waals surface area contributed by atoms with Gasteiger partial charge in [-0.2, -0.15) is 0 Å². The summed E-state index contributed by atoms with van der Waals surface area (Å²) in [5, 5.41) is 1.25. The molecular formula is C21H13ClO2S. The molecule has 4 rings (SSSR count). The average molecular weight is 365 g/mol. The van der Waals surface area contributed by atoms with Crippen LogP contribution in [0.1, 0.15) is 0 Å². The molecule has 0 aliphatic heterocycles. The highest BCUT2D eigenvalue weighted by Gasteiger charge is 2.17. The van der Waals surface area contributed by atoms with E-state index in [1.165, 1.54) is 11.8 Å². The summed E-state index contributed by atoms with van der Waals surface area (Å²) in [6, 6.07) is 24.4. The van der Waals surface area contributed by atoms with Gasteiger partial charge in [0.25, 0.3) is 0 Å². The summed E-state index contributed by atoms with van der Waals surface area (Å²) >= 11 is 7.36. The highest BCUT2D eigenvalue weighted by molar-refractivity contribution is 7.99. The van der Waals surface area contributed by atoms with Crippen LogP contribution >= 0.6 is 23.4 Å². The minimum Gasteiger partial charge on any atom is -0.455 e. The molecule has 0 bridgehead atoms. The van der Waals surface area contributed by atoms with E-state index in [1.54, 1.807) is 6.07 Å². The van der Waals surface area contributed by atoms with Gasteiger partial charge in [-0.25, -0.2) is 0 Å². The van der Waals surface area contributed by atoms with Gasteiger partial charge in [0.1, 0.15) is 10.5 Å². The first-order valence-corrected chi connectivity index (χ1v) is 8.96. The van der Waals surface area contributed by atoms with Gasteiger partial charge in [-0.3, -0.25) is 4.79 Å². The third-order valence-corrected chi connectivity index (χ3v) is 5.16. The number of hydrogen-bond acceptors (Lipinski definition) is 3. The summed E-state index contributed by atoms with van der Waals surface area (Å²) < 4.78 is 6.11. The second-order valence-corrected chi connectivity index (χ2v) is 7.03. The Kier molecular flexibility index (Phi) is 4.35. The molecule has 0 N–H and O–H groups in total. The Balaban J connectivity index is 1.95. The van der Waals surface area contributed by atoms with E-state index in [4.69, 9.17) is 16.0 Å². The summed E-state index contributed by atoms with van der Waals surface area (Å²) in [7, 11) is 0. The summed E-state index contributed by atoms with van der Waals surface area (Å²) in [6.45, 7) is 0. The third-order valence-electron chi connectivity index (χ3n) is 3.83.